The summed E-state index contributed by atoms with van der Waals surface area (Å²) in [5.74, 6) is 0.821. The fourth-order valence-electron chi connectivity index (χ4n) is 5.64. The summed E-state index contributed by atoms with van der Waals surface area (Å²) in [4.78, 5) is 36.2. The molecule has 2 amide bonds. The molecule has 5 heterocycles. The largest absolute Gasteiger partial charge is 0.350 e. The van der Waals surface area contributed by atoms with E-state index in [1.807, 2.05) is 17.0 Å². The highest BCUT2D eigenvalue weighted by atomic mass is 32.1. The summed E-state index contributed by atoms with van der Waals surface area (Å²) in [6.45, 7) is 3.31. The van der Waals surface area contributed by atoms with Crippen LogP contribution in [0.25, 0.3) is 0 Å². The molecule has 3 fully saturated rings. The molecule has 6 nitrogen and oxygen atoms in total. The summed E-state index contributed by atoms with van der Waals surface area (Å²) in [6, 6.07) is 7.95. The number of hydrogen-bond acceptors (Lipinski definition) is 5. The maximum atomic E-state index is 13.4. The standard InChI is InChI=1S/C23H28N4O2S/c28-21-5-1-4-20-17-11-18(14-26(13-17)15-19-3-2-10-30-19)22(27(20)21)23(29)25-12-16-6-8-24-9-7-16/h2-3,6-10,17-18,20,22H,1,4-5,11-15H2,(H,25,29)/t17-,18+,20-,22+/m0/s1. The van der Waals surface area contributed by atoms with Gasteiger partial charge in [-0.3, -0.25) is 19.5 Å². The first-order valence-corrected chi connectivity index (χ1v) is 11.8. The highest BCUT2D eigenvalue weighted by molar-refractivity contribution is 7.09. The van der Waals surface area contributed by atoms with Crippen molar-refractivity contribution < 1.29 is 9.59 Å². The summed E-state index contributed by atoms with van der Waals surface area (Å²) in [5, 5.41) is 5.23. The quantitative estimate of drug-likeness (QED) is 0.802. The van der Waals surface area contributed by atoms with Crippen molar-refractivity contribution in [3.63, 3.8) is 0 Å². The molecule has 0 aliphatic carbocycles. The molecular weight excluding hydrogens is 396 g/mol. The van der Waals surface area contributed by atoms with Crippen LogP contribution >= 0.6 is 11.3 Å². The van der Waals surface area contributed by atoms with Gasteiger partial charge in [-0.2, -0.15) is 0 Å². The minimum Gasteiger partial charge on any atom is -0.350 e. The molecule has 2 aromatic heterocycles. The molecule has 4 atom stereocenters. The Labute approximate surface area is 181 Å². The highest BCUT2D eigenvalue weighted by Crippen LogP contribution is 2.42. The first-order chi connectivity index (χ1) is 14.7. The average molecular weight is 425 g/mol. The van der Waals surface area contributed by atoms with Gasteiger partial charge in [0.1, 0.15) is 6.04 Å². The molecule has 5 rings (SSSR count). The van der Waals surface area contributed by atoms with E-state index in [1.165, 1.54) is 4.88 Å². The van der Waals surface area contributed by atoms with Crippen molar-refractivity contribution in [3.05, 3.63) is 52.5 Å². The predicted octanol–water partition coefficient (Wildman–Crippen LogP) is 2.66. The lowest BCUT2D eigenvalue weighted by atomic mass is 9.71. The van der Waals surface area contributed by atoms with Crippen LogP contribution in [-0.2, 0) is 22.7 Å². The van der Waals surface area contributed by atoms with Gasteiger partial charge in [0, 0.05) is 61.8 Å². The number of piperidine rings is 3. The summed E-state index contributed by atoms with van der Waals surface area (Å²) >= 11 is 1.79. The van der Waals surface area contributed by atoms with Gasteiger partial charge < -0.3 is 10.2 Å². The molecule has 7 heteroatoms. The number of nitrogens with one attached hydrogen (secondary N) is 1. The van der Waals surface area contributed by atoms with E-state index in [-0.39, 0.29) is 29.8 Å². The zero-order valence-corrected chi connectivity index (χ0v) is 17.9. The molecule has 2 aromatic rings. The molecule has 3 aliphatic heterocycles. The third-order valence-corrected chi connectivity index (χ3v) is 7.72. The number of pyridine rings is 1. The van der Waals surface area contributed by atoms with Crippen molar-refractivity contribution in [3.8, 4) is 0 Å². The van der Waals surface area contributed by atoms with Crippen molar-refractivity contribution in [2.75, 3.05) is 13.1 Å². The van der Waals surface area contributed by atoms with E-state index in [0.717, 1.165) is 44.5 Å². The van der Waals surface area contributed by atoms with Crippen molar-refractivity contribution in [1.29, 1.82) is 0 Å². The van der Waals surface area contributed by atoms with E-state index >= 15 is 0 Å². The van der Waals surface area contributed by atoms with Crippen LogP contribution in [0.3, 0.4) is 0 Å². The number of amides is 2. The number of aromatic nitrogens is 1. The third kappa shape index (κ3) is 3.88. The van der Waals surface area contributed by atoms with Crippen LogP contribution in [0.4, 0.5) is 0 Å². The number of thiophene rings is 1. The lowest BCUT2D eigenvalue weighted by molar-refractivity contribution is -0.160. The molecular formula is C23H28N4O2S. The van der Waals surface area contributed by atoms with Gasteiger partial charge in [-0.15, -0.1) is 11.3 Å². The second-order valence-corrected chi connectivity index (χ2v) is 9.84. The zero-order valence-electron chi connectivity index (χ0n) is 17.1. The topological polar surface area (TPSA) is 65.5 Å². The van der Waals surface area contributed by atoms with E-state index in [1.54, 1.807) is 23.7 Å². The molecule has 0 spiro atoms. The number of fused-ring (bicyclic) bond motifs is 4. The van der Waals surface area contributed by atoms with Gasteiger partial charge in [-0.05, 0) is 54.3 Å². The van der Waals surface area contributed by atoms with E-state index in [9.17, 15) is 9.59 Å². The van der Waals surface area contributed by atoms with Crippen molar-refractivity contribution >= 4 is 23.2 Å². The second-order valence-electron chi connectivity index (χ2n) is 8.81. The maximum absolute atomic E-state index is 13.4. The monoisotopic (exact) mass is 424 g/mol. The fourth-order valence-corrected chi connectivity index (χ4v) is 6.38. The van der Waals surface area contributed by atoms with Crippen LogP contribution in [0.2, 0.25) is 0 Å². The fraction of sp³-hybridized carbons (Fsp3) is 0.522. The second kappa shape index (κ2) is 8.47. The van der Waals surface area contributed by atoms with Crippen LogP contribution in [0.5, 0.6) is 0 Å². The van der Waals surface area contributed by atoms with E-state index < -0.39 is 0 Å². The Morgan fingerprint density at radius 1 is 1.20 bits per heavy atom. The maximum Gasteiger partial charge on any atom is 0.243 e. The molecule has 0 unspecified atom stereocenters. The number of hydrogen-bond donors (Lipinski definition) is 1. The van der Waals surface area contributed by atoms with Gasteiger partial charge in [-0.1, -0.05) is 6.07 Å². The zero-order chi connectivity index (χ0) is 20.5. The number of carbonyl (C=O) groups excluding carboxylic acids is 2. The highest BCUT2D eigenvalue weighted by Gasteiger charge is 2.51. The minimum absolute atomic E-state index is 0.00603. The van der Waals surface area contributed by atoms with Crippen LogP contribution in [0, 0.1) is 11.8 Å². The lowest BCUT2D eigenvalue weighted by Gasteiger charge is -2.55. The molecule has 158 valence electrons. The van der Waals surface area contributed by atoms with E-state index in [4.69, 9.17) is 0 Å². The van der Waals surface area contributed by atoms with E-state index in [2.05, 4.69) is 32.7 Å². The smallest absolute Gasteiger partial charge is 0.243 e. The number of likely N-dealkylation sites (tertiary alicyclic amines) is 1. The van der Waals surface area contributed by atoms with Crippen LogP contribution in [-0.4, -0.2) is 51.8 Å². The third-order valence-electron chi connectivity index (χ3n) is 6.86. The van der Waals surface area contributed by atoms with Gasteiger partial charge >= 0.3 is 0 Å². The lowest BCUT2D eigenvalue weighted by Crippen LogP contribution is -2.68. The normalized spacial score (nSPS) is 28.8. The van der Waals surface area contributed by atoms with Crippen molar-refractivity contribution in [2.45, 2.75) is 50.9 Å². The average Bonchev–Trinajstić information content (AvgIpc) is 3.27. The minimum atomic E-state index is -0.355. The Hall–Kier alpha value is -2.25. The molecule has 30 heavy (non-hydrogen) atoms. The summed E-state index contributed by atoms with van der Waals surface area (Å²) in [6.07, 6.45) is 7.05. The number of carbonyl (C=O) groups is 2. The van der Waals surface area contributed by atoms with Gasteiger partial charge in [-0.25, -0.2) is 0 Å². The number of rotatable bonds is 5. The van der Waals surface area contributed by atoms with Crippen LogP contribution < -0.4 is 5.32 Å². The van der Waals surface area contributed by atoms with Gasteiger partial charge in [0.05, 0.1) is 0 Å². The Morgan fingerprint density at radius 2 is 2.03 bits per heavy atom. The van der Waals surface area contributed by atoms with Crippen molar-refractivity contribution in [2.24, 2.45) is 11.8 Å². The molecule has 1 N–H and O–H groups in total. The van der Waals surface area contributed by atoms with Gasteiger partial charge in [0.2, 0.25) is 11.8 Å². The van der Waals surface area contributed by atoms with Crippen molar-refractivity contribution in [1.82, 2.24) is 20.1 Å². The first-order valence-electron chi connectivity index (χ1n) is 10.9. The molecule has 2 bridgehead atoms. The van der Waals surface area contributed by atoms with Gasteiger partial charge in [0.15, 0.2) is 0 Å². The van der Waals surface area contributed by atoms with Crippen LogP contribution in [0.15, 0.2) is 42.0 Å². The Bertz CT molecular complexity index is 888. The molecule has 3 aliphatic rings. The first kappa shape index (κ1) is 19.7. The summed E-state index contributed by atoms with van der Waals surface area (Å²) in [5.41, 5.74) is 1.02. The SMILES string of the molecule is O=C(NCc1ccncc1)[C@H]1[C@@H]2C[C@@H](CN(Cc3cccs3)C2)[C@@H]2CCCC(=O)N21. The number of nitrogens with zero attached hydrogens (tertiary/aromatic N) is 3. The van der Waals surface area contributed by atoms with E-state index in [0.29, 0.717) is 18.9 Å². The van der Waals surface area contributed by atoms with Gasteiger partial charge in [0.25, 0.3) is 0 Å². The Kier molecular flexibility index (Phi) is 5.56. The Balaban J connectivity index is 1.36. The summed E-state index contributed by atoms with van der Waals surface area (Å²) in [7, 11) is 0. The predicted molar refractivity (Wildman–Crippen MR) is 116 cm³/mol. The molecule has 0 radical (unpaired) electrons. The molecule has 0 saturated carbocycles. The Morgan fingerprint density at radius 3 is 2.83 bits per heavy atom. The molecule has 0 aromatic carbocycles. The molecule has 3 saturated heterocycles. The summed E-state index contributed by atoms with van der Waals surface area (Å²) < 4.78 is 0. The van der Waals surface area contributed by atoms with Crippen LogP contribution in [0.1, 0.15) is 36.1 Å².